The number of halogens is 2. The van der Waals surface area contributed by atoms with Gasteiger partial charge >= 0.3 is 0 Å². The van der Waals surface area contributed by atoms with E-state index in [2.05, 4.69) is 37.9 Å². The summed E-state index contributed by atoms with van der Waals surface area (Å²) in [5.74, 6) is -0.0358. The zero-order chi connectivity index (χ0) is 13.1. The third-order valence-corrected chi connectivity index (χ3v) is 3.30. The molecule has 0 spiro atoms. The third kappa shape index (κ3) is 3.17. The summed E-state index contributed by atoms with van der Waals surface area (Å²) in [4.78, 5) is 20.1. The lowest BCUT2D eigenvalue weighted by Gasteiger charge is -2.06. The molecule has 6 heteroatoms. The van der Waals surface area contributed by atoms with E-state index in [1.807, 2.05) is 12.1 Å². The number of nitrogens with one attached hydrogen (secondary N) is 1. The summed E-state index contributed by atoms with van der Waals surface area (Å²) in [6.45, 7) is 1.79. The number of rotatable bonds is 2. The lowest BCUT2D eigenvalue weighted by atomic mass is 10.2. The second kappa shape index (κ2) is 5.62. The van der Waals surface area contributed by atoms with Crippen molar-refractivity contribution in [2.24, 2.45) is 0 Å². The Morgan fingerprint density at radius 2 is 2.06 bits per heavy atom. The molecular weight excluding hydrogens is 365 g/mol. The topological polar surface area (TPSA) is 54.9 Å². The number of aromatic nitrogens is 2. The van der Waals surface area contributed by atoms with E-state index < -0.39 is 0 Å². The summed E-state index contributed by atoms with van der Waals surface area (Å²) < 4.78 is 0.867. The second-order valence-corrected chi connectivity index (χ2v) is 5.14. The zero-order valence-corrected chi connectivity index (χ0v) is 12.4. The van der Waals surface area contributed by atoms with Crippen LogP contribution < -0.4 is 5.32 Å². The first-order valence-corrected chi connectivity index (χ1v) is 6.59. The average Bonchev–Trinajstić information content (AvgIpc) is 2.27. The minimum Gasteiger partial charge on any atom is -0.290 e. The molecule has 1 aromatic carbocycles. The van der Waals surface area contributed by atoms with Crippen LogP contribution in [-0.2, 0) is 0 Å². The van der Waals surface area contributed by atoms with Gasteiger partial charge in [0.25, 0.3) is 5.91 Å². The molecule has 0 radical (unpaired) electrons. The molecule has 0 saturated carbocycles. The molecule has 1 aromatic heterocycles. The second-order valence-electron chi connectivity index (χ2n) is 3.59. The number of anilines is 1. The van der Waals surface area contributed by atoms with E-state index in [4.69, 9.17) is 11.6 Å². The summed E-state index contributed by atoms with van der Waals surface area (Å²) in [6, 6.07) is 8.91. The lowest BCUT2D eigenvalue weighted by Crippen LogP contribution is -2.15. The summed E-state index contributed by atoms with van der Waals surface area (Å²) in [7, 11) is 0. The summed E-state index contributed by atoms with van der Waals surface area (Å²) in [6.07, 6.45) is 0. The van der Waals surface area contributed by atoms with Crippen LogP contribution in [0, 0.1) is 10.5 Å². The molecule has 1 heterocycles. The predicted molar refractivity (Wildman–Crippen MR) is 78.9 cm³/mol. The van der Waals surface area contributed by atoms with Gasteiger partial charge in [0.15, 0.2) is 0 Å². The quantitative estimate of drug-likeness (QED) is 0.649. The average molecular weight is 374 g/mol. The van der Waals surface area contributed by atoms with Crippen molar-refractivity contribution in [3.05, 3.63) is 50.3 Å². The van der Waals surface area contributed by atoms with Gasteiger partial charge in [-0.3, -0.25) is 10.1 Å². The molecule has 18 heavy (non-hydrogen) atoms. The molecule has 0 aliphatic carbocycles. The fourth-order valence-electron chi connectivity index (χ4n) is 1.40. The van der Waals surface area contributed by atoms with Crippen molar-refractivity contribution in [1.82, 2.24) is 9.97 Å². The number of hydrogen-bond acceptors (Lipinski definition) is 3. The molecule has 0 saturated heterocycles. The van der Waals surface area contributed by atoms with Gasteiger partial charge in [0.05, 0.1) is 5.56 Å². The molecule has 92 valence electrons. The Kier molecular flexibility index (Phi) is 4.13. The third-order valence-electron chi connectivity index (χ3n) is 2.17. The maximum atomic E-state index is 12.0. The Morgan fingerprint density at radius 1 is 1.33 bits per heavy atom. The van der Waals surface area contributed by atoms with Crippen LogP contribution in [0.1, 0.15) is 16.1 Å². The highest BCUT2D eigenvalue weighted by Crippen LogP contribution is 2.14. The predicted octanol–water partition coefficient (Wildman–Crippen LogP) is 3.30. The molecule has 0 bridgehead atoms. The minimum absolute atomic E-state index is 0.213. The van der Waals surface area contributed by atoms with Crippen LogP contribution in [0.15, 0.2) is 30.3 Å². The molecule has 1 amide bonds. The van der Waals surface area contributed by atoms with Crippen LogP contribution in [0.25, 0.3) is 0 Å². The highest BCUT2D eigenvalue weighted by molar-refractivity contribution is 14.1. The van der Waals surface area contributed by atoms with Crippen LogP contribution in [0.5, 0.6) is 0 Å². The Morgan fingerprint density at radius 3 is 2.72 bits per heavy atom. The van der Waals surface area contributed by atoms with Crippen molar-refractivity contribution in [2.75, 3.05) is 5.32 Å². The molecule has 0 fully saturated rings. The maximum absolute atomic E-state index is 12.0. The van der Waals surface area contributed by atoms with Crippen molar-refractivity contribution in [3.8, 4) is 0 Å². The molecule has 0 atom stereocenters. The number of carbonyl (C=O) groups excluding carboxylic acids is 1. The van der Waals surface area contributed by atoms with Gasteiger partial charge in [-0.25, -0.2) is 9.97 Å². The van der Waals surface area contributed by atoms with E-state index in [-0.39, 0.29) is 11.9 Å². The summed E-state index contributed by atoms with van der Waals surface area (Å²) >= 11 is 7.91. The highest BCUT2D eigenvalue weighted by Gasteiger charge is 2.11. The van der Waals surface area contributed by atoms with Crippen molar-refractivity contribution in [2.45, 2.75) is 6.92 Å². The smallest absolute Gasteiger partial charge is 0.259 e. The van der Waals surface area contributed by atoms with E-state index in [1.165, 1.54) is 0 Å². The highest BCUT2D eigenvalue weighted by atomic mass is 127. The van der Waals surface area contributed by atoms with E-state index in [0.717, 1.165) is 3.57 Å². The van der Waals surface area contributed by atoms with Crippen LogP contribution in [0.3, 0.4) is 0 Å². The molecule has 2 rings (SSSR count). The van der Waals surface area contributed by atoms with Crippen LogP contribution >= 0.6 is 34.2 Å². The summed E-state index contributed by atoms with van der Waals surface area (Å²) in [5.41, 5.74) is 1.28. The van der Waals surface area contributed by atoms with Gasteiger partial charge in [0, 0.05) is 9.26 Å². The summed E-state index contributed by atoms with van der Waals surface area (Å²) in [5, 5.41) is 2.94. The largest absolute Gasteiger partial charge is 0.290 e. The zero-order valence-electron chi connectivity index (χ0n) is 9.45. The number of hydrogen-bond donors (Lipinski definition) is 1. The Bertz CT molecular complexity index is 583. The molecular formula is C12H9ClIN3O. The number of amides is 1. The van der Waals surface area contributed by atoms with Crippen molar-refractivity contribution in [1.29, 1.82) is 0 Å². The van der Waals surface area contributed by atoms with Gasteiger partial charge < -0.3 is 0 Å². The number of benzene rings is 1. The van der Waals surface area contributed by atoms with E-state index >= 15 is 0 Å². The van der Waals surface area contributed by atoms with Gasteiger partial charge in [0.2, 0.25) is 5.95 Å². The first kappa shape index (κ1) is 13.2. The van der Waals surface area contributed by atoms with Crippen LogP contribution in [0.4, 0.5) is 5.95 Å². The Hall–Kier alpha value is -1.21. The molecule has 1 N–H and O–H groups in total. The molecule has 4 nitrogen and oxygen atoms in total. The SMILES string of the molecule is Cc1cc(Cl)nc(NC(=O)c2ccccc2I)n1. The van der Waals surface area contributed by atoms with Crippen molar-refractivity contribution >= 4 is 46.0 Å². The monoisotopic (exact) mass is 373 g/mol. The Balaban J connectivity index is 2.24. The molecule has 0 aliphatic rings. The van der Waals surface area contributed by atoms with E-state index in [0.29, 0.717) is 16.4 Å². The van der Waals surface area contributed by atoms with Crippen LogP contribution in [-0.4, -0.2) is 15.9 Å². The van der Waals surface area contributed by atoms with E-state index in [9.17, 15) is 4.79 Å². The van der Waals surface area contributed by atoms with Crippen molar-refractivity contribution < 1.29 is 4.79 Å². The fourth-order valence-corrected chi connectivity index (χ4v) is 2.27. The first-order chi connectivity index (χ1) is 8.56. The van der Waals surface area contributed by atoms with Gasteiger partial charge in [0.1, 0.15) is 5.15 Å². The van der Waals surface area contributed by atoms with Gasteiger partial charge in [-0.05, 0) is 47.7 Å². The van der Waals surface area contributed by atoms with Gasteiger partial charge in [-0.15, -0.1) is 0 Å². The number of aryl methyl sites for hydroxylation is 1. The maximum Gasteiger partial charge on any atom is 0.259 e. The molecule has 0 unspecified atom stereocenters. The first-order valence-electron chi connectivity index (χ1n) is 5.13. The minimum atomic E-state index is -0.248. The lowest BCUT2D eigenvalue weighted by molar-refractivity contribution is 0.102. The normalized spacial score (nSPS) is 10.2. The van der Waals surface area contributed by atoms with E-state index in [1.54, 1.807) is 25.1 Å². The van der Waals surface area contributed by atoms with Gasteiger partial charge in [-0.2, -0.15) is 0 Å². The Labute approximate surface area is 123 Å². The van der Waals surface area contributed by atoms with Gasteiger partial charge in [-0.1, -0.05) is 23.7 Å². The number of nitrogens with zero attached hydrogens (tertiary/aromatic N) is 2. The molecule has 0 aliphatic heterocycles. The standard InChI is InChI=1S/C12H9ClIN3O/c1-7-6-10(13)16-12(15-7)17-11(18)8-4-2-3-5-9(8)14/h2-6H,1H3,(H,15,16,17,18). The molecule has 2 aromatic rings. The fraction of sp³-hybridized carbons (Fsp3) is 0.0833. The van der Waals surface area contributed by atoms with Crippen molar-refractivity contribution in [3.63, 3.8) is 0 Å². The number of carbonyl (C=O) groups is 1. The van der Waals surface area contributed by atoms with Crippen LogP contribution in [0.2, 0.25) is 5.15 Å².